The summed E-state index contributed by atoms with van der Waals surface area (Å²) in [6, 6.07) is 41.6. The number of rotatable bonds is 8. The number of benzene rings is 3. The SMILES string of the molecule is CO[C@@H]1CCN(c2ccn3cc(-c4ccccc4)nc3c2)C1.CO[C@H]1CCN(c2ccn3cc(-c4cccc(C)c4)nc3c2)C1.F[C@@H]1CCN(c2ccn3cc(-c4ccccc4)nc3c2)C1. The molecule has 0 spiro atoms. The van der Waals surface area contributed by atoms with Crippen molar-refractivity contribution in [3.8, 4) is 33.8 Å². The van der Waals surface area contributed by atoms with E-state index in [1.54, 1.807) is 14.2 Å². The summed E-state index contributed by atoms with van der Waals surface area (Å²) >= 11 is 0. The molecule has 0 saturated carbocycles. The maximum Gasteiger partial charge on any atom is 0.139 e. The summed E-state index contributed by atoms with van der Waals surface area (Å²) < 4.78 is 30.4. The summed E-state index contributed by atoms with van der Waals surface area (Å²) in [4.78, 5) is 21.1. The highest BCUT2D eigenvalue weighted by atomic mass is 19.1. The molecule has 0 N–H and O–H groups in total. The van der Waals surface area contributed by atoms with Gasteiger partial charge in [-0.05, 0) is 50.5 Å². The lowest BCUT2D eigenvalue weighted by Crippen LogP contribution is -2.22. The molecule has 0 radical (unpaired) electrons. The first-order valence-corrected chi connectivity index (χ1v) is 22.9. The van der Waals surface area contributed by atoms with E-state index in [1.165, 1.54) is 16.9 Å². The zero-order valence-corrected chi connectivity index (χ0v) is 37.8. The van der Waals surface area contributed by atoms with Crippen molar-refractivity contribution in [1.82, 2.24) is 28.2 Å². The Hall–Kier alpha value is -7.02. The van der Waals surface area contributed by atoms with Gasteiger partial charge in [-0.1, -0.05) is 84.4 Å². The summed E-state index contributed by atoms with van der Waals surface area (Å²) in [6.07, 6.45) is 15.1. The van der Waals surface area contributed by atoms with Gasteiger partial charge in [-0.15, -0.1) is 0 Å². The second-order valence-electron chi connectivity index (χ2n) is 17.4. The van der Waals surface area contributed by atoms with Crippen LogP contribution >= 0.6 is 0 Å². The summed E-state index contributed by atoms with van der Waals surface area (Å²) in [5.41, 5.74) is 14.0. The summed E-state index contributed by atoms with van der Waals surface area (Å²) in [6.45, 7) is 7.38. The molecule has 0 aliphatic carbocycles. The monoisotopic (exact) mass is 881 g/mol. The number of alkyl halides is 1. The Balaban J connectivity index is 0.000000116. The molecule has 11 nitrogen and oxygen atoms in total. The van der Waals surface area contributed by atoms with Crippen LogP contribution in [0.5, 0.6) is 0 Å². The Morgan fingerprint density at radius 1 is 0.470 bits per heavy atom. The van der Waals surface area contributed by atoms with Crippen molar-refractivity contribution >= 4 is 34.0 Å². The van der Waals surface area contributed by atoms with Crippen LogP contribution in [0.4, 0.5) is 21.5 Å². The lowest BCUT2D eigenvalue weighted by molar-refractivity contribution is 0.121. The fourth-order valence-corrected chi connectivity index (χ4v) is 9.21. The molecule has 3 aromatic carbocycles. The van der Waals surface area contributed by atoms with E-state index in [0.29, 0.717) is 25.2 Å². The van der Waals surface area contributed by atoms with Crippen molar-refractivity contribution in [2.75, 3.05) is 68.2 Å². The number of methoxy groups -OCH3 is 2. The zero-order valence-electron chi connectivity index (χ0n) is 37.8. The lowest BCUT2D eigenvalue weighted by atomic mass is 10.1. The van der Waals surface area contributed by atoms with Gasteiger partial charge in [0.05, 0.1) is 29.3 Å². The van der Waals surface area contributed by atoms with Crippen LogP contribution in [0.15, 0.2) is 159 Å². The molecule has 9 heterocycles. The molecular formula is C54H56FN9O2. The number of aromatic nitrogens is 6. The Kier molecular flexibility index (Phi) is 12.5. The number of pyridine rings is 3. The van der Waals surface area contributed by atoms with Crippen LogP contribution in [0.25, 0.3) is 50.7 Å². The summed E-state index contributed by atoms with van der Waals surface area (Å²) in [7, 11) is 3.58. The fourth-order valence-electron chi connectivity index (χ4n) is 9.21. The van der Waals surface area contributed by atoms with Crippen LogP contribution < -0.4 is 14.7 Å². The van der Waals surface area contributed by atoms with E-state index in [9.17, 15) is 4.39 Å². The van der Waals surface area contributed by atoms with Gasteiger partial charge in [0, 0.05) is 143 Å². The van der Waals surface area contributed by atoms with Crippen molar-refractivity contribution in [2.45, 2.75) is 44.6 Å². The Morgan fingerprint density at radius 3 is 1.27 bits per heavy atom. The average Bonchev–Trinajstić information content (AvgIpc) is 4.23. The van der Waals surface area contributed by atoms with Crippen LogP contribution in [0.1, 0.15) is 24.8 Å². The third kappa shape index (κ3) is 9.52. The van der Waals surface area contributed by atoms with E-state index < -0.39 is 6.17 Å². The van der Waals surface area contributed by atoms with Gasteiger partial charge in [-0.3, -0.25) is 0 Å². The van der Waals surface area contributed by atoms with E-state index in [4.69, 9.17) is 19.4 Å². The molecule has 3 aliphatic rings. The van der Waals surface area contributed by atoms with E-state index in [0.717, 1.165) is 102 Å². The van der Waals surface area contributed by atoms with Gasteiger partial charge in [0.2, 0.25) is 0 Å². The minimum Gasteiger partial charge on any atom is -0.380 e. The first-order chi connectivity index (χ1) is 32.3. The topological polar surface area (TPSA) is 80.1 Å². The number of anilines is 3. The molecule has 336 valence electrons. The molecule has 3 saturated heterocycles. The number of hydrogen-bond acceptors (Lipinski definition) is 8. The van der Waals surface area contributed by atoms with Crippen molar-refractivity contribution in [3.05, 3.63) is 164 Å². The van der Waals surface area contributed by atoms with E-state index in [2.05, 4.69) is 133 Å². The molecule has 66 heavy (non-hydrogen) atoms. The summed E-state index contributed by atoms with van der Waals surface area (Å²) in [5.74, 6) is 0. The number of nitrogens with zero attached hydrogens (tertiary/aromatic N) is 9. The quantitative estimate of drug-likeness (QED) is 0.149. The predicted octanol–water partition coefficient (Wildman–Crippen LogP) is 10.3. The number of hydrogen-bond donors (Lipinski definition) is 0. The molecule has 0 bridgehead atoms. The second kappa shape index (κ2) is 19.2. The number of ether oxygens (including phenoxy) is 2. The van der Waals surface area contributed by atoms with Gasteiger partial charge in [-0.2, -0.15) is 0 Å². The maximum absolute atomic E-state index is 13.3. The molecule has 3 fully saturated rings. The fraction of sp³-hybridized carbons (Fsp3) is 0.278. The van der Waals surface area contributed by atoms with Gasteiger partial charge in [0.1, 0.15) is 23.1 Å². The Bertz CT molecular complexity index is 3040. The van der Waals surface area contributed by atoms with Crippen LogP contribution in [0.2, 0.25) is 0 Å². The molecule has 6 aromatic heterocycles. The van der Waals surface area contributed by atoms with Gasteiger partial charge in [0.15, 0.2) is 0 Å². The van der Waals surface area contributed by atoms with Crippen molar-refractivity contribution < 1.29 is 13.9 Å². The molecule has 0 amide bonds. The number of fused-ring (bicyclic) bond motifs is 3. The Morgan fingerprint density at radius 2 is 0.879 bits per heavy atom. The predicted molar refractivity (Wildman–Crippen MR) is 264 cm³/mol. The highest BCUT2D eigenvalue weighted by molar-refractivity contribution is 5.68. The molecule has 12 rings (SSSR count). The molecule has 12 heteroatoms. The van der Waals surface area contributed by atoms with Crippen LogP contribution in [0, 0.1) is 6.92 Å². The normalized spacial score (nSPS) is 18.2. The first-order valence-electron chi connectivity index (χ1n) is 22.9. The van der Waals surface area contributed by atoms with Crippen LogP contribution in [0.3, 0.4) is 0 Å². The average molecular weight is 882 g/mol. The van der Waals surface area contributed by atoms with E-state index in [-0.39, 0.29) is 0 Å². The van der Waals surface area contributed by atoms with Gasteiger partial charge < -0.3 is 37.4 Å². The van der Waals surface area contributed by atoms with E-state index in [1.807, 2.05) is 65.3 Å². The minimum atomic E-state index is -0.708. The Labute approximate surface area is 385 Å². The number of aryl methyl sites for hydroxylation is 1. The van der Waals surface area contributed by atoms with Crippen LogP contribution in [-0.2, 0) is 9.47 Å². The molecule has 0 unspecified atom stereocenters. The zero-order chi connectivity index (χ0) is 45.0. The third-order valence-electron chi connectivity index (χ3n) is 13.0. The van der Waals surface area contributed by atoms with Crippen molar-refractivity contribution in [1.29, 1.82) is 0 Å². The minimum absolute atomic E-state index is 0.342. The van der Waals surface area contributed by atoms with Crippen molar-refractivity contribution in [2.24, 2.45) is 0 Å². The maximum atomic E-state index is 13.3. The van der Waals surface area contributed by atoms with Crippen molar-refractivity contribution in [3.63, 3.8) is 0 Å². The van der Waals surface area contributed by atoms with Gasteiger partial charge >= 0.3 is 0 Å². The largest absolute Gasteiger partial charge is 0.380 e. The lowest BCUT2D eigenvalue weighted by Gasteiger charge is -2.18. The van der Waals surface area contributed by atoms with E-state index >= 15 is 0 Å². The van der Waals surface area contributed by atoms with Gasteiger partial charge in [-0.25, -0.2) is 19.3 Å². The van der Waals surface area contributed by atoms with Crippen LogP contribution in [-0.4, -0.2) is 100 Å². The number of imidazole rings is 3. The molecular weight excluding hydrogens is 826 g/mol. The summed E-state index contributed by atoms with van der Waals surface area (Å²) in [5, 5.41) is 0. The smallest absolute Gasteiger partial charge is 0.139 e. The number of halogens is 1. The second-order valence-corrected chi connectivity index (χ2v) is 17.4. The highest BCUT2D eigenvalue weighted by Crippen LogP contribution is 2.29. The highest BCUT2D eigenvalue weighted by Gasteiger charge is 2.25. The third-order valence-corrected chi connectivity index (χ3v) is 13.0. The van der Waals surface area contributed by atoms with Gasteiger partial charge in [0.25, 0.3) is 0 Å². The molecule has 3 atom stereocenters. The first kappa shape index (κ1) is 42.9. The standard InChI is InChI=1S/C19H21N3O.C18H19N3O.C17H16FN3/c1-14-4-3-5-15(10-14)18-13-22-8-6-16(11-19(22)20-18)21-9-7-17(12-21)23-2;1-22-16-8-10-20(12-16)15-7-9-21-13-17(19-18(21)11-15)14-5-3-2-4-6-14;18-14-6-8-20(11-14)15-7-9-21-12-16(19-17(21)10-15)13-4-2-1-3-5-13/h3-6,8,10-11,13,17H,7,9,12H2,1-2H3;2-7,9,11,13,16H,8,10,12H2,1H3;1-5,7,9-10,12,14H,6,8,11H2/t17-;16-;14-/m011/s1. The molecule has 9 aromatic rings. The molecule has 3 aliphatic heterocycles.